The van der Waals surface area contributed by atoms with Crippen LogP contribution in [0.15, 0.2) is 12.1 Å². The average molecular weight is 494 g/mol. The fraction of sp³-hybridized carbons (Fsp3) is 0.458. The molecule has 2 rings (SSSR count). The van der Waals surface area contributed by atoms with Crippen LogP contribution in [0.2, 0.25) is 0 Å². The molecule has 10 heteroatoms. The molecule has 0 unspecified atom stereocenters. The first-order valence-corrected chi connectivity index (χ1v) is 11.6. The summed E-state index contributed by atoms with van der Waals surface area (Å²) in [5.41, 5.74) is 1.91. The predicted molar refractivity (Wildman–Crippen MR) is 128 cm³/mol. The second kappa shape index (κ2) is 12.8. The van der Waals surface area contributed by atoms with E-state index in [1.165, 1.54) is 32.7 Å². The summed E-state index contributed by atoms with van der Waals surface area (Å²) in [6.45, 7) is 5.27. The Kier molecular flexibility index (Phi) is 10.2. The Morgan fingerprint density at radius 2 is 1.62 bits per heavy atom. The molecule has 0 bridgehead atoms. The van der Waals surface area contributed by atoms with Crippen LogP contribution in [0, 0.1) is 6.92 Å². The number of thiophene rings is 1. The molecular formula is C24H31NO8S. The number of esters is 2. The number of hydrogen-bond donors (Lipinski definition) is 1. The number of rotatable bonds is 12. The molecule has 0 atom stereocenters. The number of aryl methyl sites for hydroxylation is 2. The molecule has 0 saturated heterocycles. The highest BCUT2D eigenvalue weighted by Crippen LogP contribution is 2.38. The molecule has 1 aromatic carbocycles. The first-order valence-electron chi connectivity index (χ1n) is 10.8. The SMILES string of the molecule is CCOC(=O)c1c(NC(=O)COC(=O)CCc2cc(OC)c(OC)c(OC)c2)sc(CC)c1C. The Bertz CT molecular complexity index is 1010. The van der Waals surface area contributed by atoms with E-state index >= 15 is 0 Å². The molecule has 0 saturated carbocycles. The van der Waals surface area contributed by atoms with Crippen molar-refractivity contribution in [1.29, 1.82) is 0 Å². The van der Waals surface area contributed by atoms with Crippen molar-refractivity contribution in [2.75, 3.05) is 39.9 Å². The molecule has 34 heavy (non-hydrogen) atoms. The molecule has 2 aromatic rings. The lowest BCUT2D eigenvalue weighted by atomic mass is 10.1. The Labute approximate surface area is 203 Å². The van der Waals surface area contributed by atoms with E-state index in [-0.39, 0.29) is 13.0 Å². The smallest absolute Gasteiger partial charge is 0.341 e. The van der Waals surface area contributed by atoms with Gasteiger partial charge in [-0.15, -0.1) is 11.3 Å². The first-order chi connectivity index (χ1) is 16.3. The summed E-state index contributed by atoms with van der Waals surface area (Å²) in [5.74, 6) is -0.125. The third kappa shape index (κ3) is 6.63. The lowest BCUT2D eigenvalue weighted by Crippen LogP contribution is -2.22. The quantitative estimate of drug-likeness (QED) is 0.443. The number of nitrogens with one attached hydrogen (secondary N) is 1. The van der Waals surface area contributed by atoms with Gasteiger partial charge in [-0.1, -0.05) is 6.92 Å². The van der Waals surface area contributed by atoms with Gasteiger partial charge in [0.1, 0.15) is 5.00 Å². The maximum atomic E-state index is 12.4. The molecule has 0 radical (unpaired) electrons. The van der Waals surface area contributed by atoms with Crippen LogP contribution >= 0.6 is 11.3 Å². The molecule has 0 aliphatic carbocycles. The van der Waals surface area contributed by atoms with E-state index in [2.05, 4.69) is 5.32 Å². The maximum absolute atomic E-state index is 12.4. The van der Waals surface area contributed by atoms with Crippen LogP contribution in [-0.2, 0) is 31.9 Å². The minimum Gasteiger partial charge on any atom is -0.493 e. The van der Waals surface area contributed by atoms with Gasteiger partial charge in [0.2, 0.25) is 5.75 Å². The van der Waals surface area contributed by atoms with E-state index in [0.717, 1.165) is 16.0 Å². The van der Waals surface area contributed by atoms with Gasteiger partial charge in [-0.2, -0.15) is 0 Å². The molecule has 0 spiro atoms. The summed E-state index contributed by atoms with van der Waals surface area (Å²) in [4.78, 5) is 37.9. The van der Waals surface area contributed by atoms with Crippen LogP contribution in [0.1, 0.15) is 46.6 Å². The topological polar surface area (TPSA) is 109 Å². The zero-order chi connectivity index (χ0) is 25.3. The van der Waals surface area contributed by atoms with Crippen molar-refractivity contribution in [3.8, 4) is 17.2 Å². The number of amides is 1. The Hall–Kier alpha value is -3.27. The van der Waals surface area contributed by atoms with Gasteiger partial charge in [-0.3, -0.25) is 9.59 Å². The highest BCUT2D eigenvalue weighted by atomic mass is 32.1. The summed E-state index contributed by atoms with van der Waals surface area (Å²) < 4.78 is 26.2. The molecule has 1 amide bonds. The number of benzene rings is 1. The number of methoxy groups -OCH3 is 3. The lowest BCUT2D eigenvalue weighted by Gasteiger charge is -2.14. The fourth-order valence-corrected chi connectivity index (χ4v) is 4.49. The van der Waals surface area contributed by atoms with Gasteiger partial charge >= 0.3 is 11.9 Å². The number of ether oxygens (including phenoxy) is 5. The summed E-state index contributed by atoms with van der Waals surface area (Å²) in [6, 6.07) is 3.51. The van der Waals surface area contributed by atoms with Gasteiger partial charge in [0.25, 0.3) is 5.91 Å². The molecule has 1 N–H and O–H groups in total. The molecular weight excluding hydrogens is 462 g/mol. The Morgan fingerprint density at radius 1 is 0.971 bits per heavy atom. The first kappa shape index (κ1) is 27.0. The van der Waals surface area contributed by atoms with Crippen LogP contribution in [0.25, 0.3) is 0 Å². The average Bonchev–Trinajstić information content (AvgIpc) is 3.15. The molecule has 0 aliphatic heterocycles. The highest BCUT2D eigenvalue weighted by Gasteiger charge is 2.23. The van der Waals surface area contributed by atoms with E-state index in [9.17, 15) is 14.4 Å². The number of carbonyl (C=O) groups excluding carboxylic acids is 3. The Morgan fingerprint density at radius 3 is 2.15 bits per heavy atom. The van der Waals surface area contributed by atoms with E-state index in [1.807, 2.05) is 13.8 Å². The minimum absolute atomic E-state index is 0.0537. The van der Waals surface area contributed by atoms with Gasteiger partial charge in [0.05, 0.1) is 33.5 Å². The summed E-state index contributed by atoms with van der Waals surface area (Å²) in [6.07, 6.45) is 1.13. The van der Waals surface area contributed by atoms with Crippen molar-refractivity contribution in [1.82, 2.24) is 0 Å². The van der Waals surface area contributed by atoms with Gasteiger partial charge in [-0.25, -0.2) is 4.79 Å². The van der Waals surface area contributed by atoms with Crippen LogP contribution < -0.4 is 19.5 Å². The van der Waals surface area contributed by atoms with E-state index < -0.39 is 24.5 Å². The molecule has 1 aromatic heterocycles. The van der Waals surface area contributed by atoms with Crippen molar-refractivity contribution in [3.05, 3.63) is 33.7 Å². The van der Waals surface area contributed by atoms with Crippen LogP contribution in [0.5, 0.6) is 17.2 Å². The third-order valence-corrected chi connectivity index (χ3v) is 6.36. The monoisotopic (exact) mass is 493 g/mol. The second-order valence-corrected chi connectivity index (χ2v) is 8.28. The summed E-state index contributed by atoms with van der Waals surface area (Å²) in [5, 5.41) is 3.07. The normalized spacial score (nSPS) is 10.4. The molecule has 9 nitrogen and oxygen atoms in total. The van der Waals surface area contributed by atoms with Crippen molar-refractivity contribution in [2.45, 2.75) is 40.0 Å². The fourth-order valence-electron chi connectivity index (χ4n) is 3.34. The standard InChI is InChI=1S/C24H31NO8S/c1-7-18-14(3)21(24(28)32-8-2)23(34-18)25-19(26)13-33-20(27)10-9-15-11-16(29-4)22(31-6)17(12-15)30-5/h11-12H,7-10,13H2,1-6H3,(H,25,26). The predicted octanol–water partition coefficient (Wildman–Crippen LogP) is 3.94. The number of anilines is 1. The van der Waals surface area contributed by atoms with Gasteiger partial charge < -0.3 is 29.0 Å². The van der Waals surface area contributed by atoms with Crippen LogP contribution in [-0.4, -0.2) is 52.4 Å². The highest BCUT2D eigenvalue weighted by molar-refractivity contribution is 7.17. The Balaban J connectivity index is 1.97. The van der Waals surface area contributed by atoms with Gasteiger partial charge in [0.15, 0.2) is 18.1 Å². The van der Waals surface area contributed by atoms with Crippen molar-refractivity contribution >= 4 is 34.2 Å². The summed E-state index contributed by atoms with van der Waals surface area (Å²) in [7, 11) is 4.54. The maximum Gasteiger partial charge on any atom is 0.341 e. The second-order valence-electron chi connectivity index (χ2n) is 7.17. The zero-order valence-electron chi connectivity index (χ0n) is 20.4. The molecule has 0 fully saturated rings. The van der Waals surface area contributed by atoms with Crippen molar-refractivity contribution in [2.24, 2.45) is 0 Å². The minimum atomic E-state index is -0.536. The van der Waals surface area contributed by atoms with Gasteiger partial charge in [0, 0.05) is 11.3 Å². The van der Waals surface area contributed by atoms with E-state index in [4.69, 9.17) is 23.7 Å². The number of carbonyl (C=O) groups is 3. The lowest BCUT2D eigenvalue weighted by molar-refractivity contribution is -0.147. The summed E-state index contributed by atoms with van der Waals surface area (Å²) >= 11 is 1.31. The van der Waals surface area contributed by atoms with Crippen LogP contribution in [0.3, 0.4) is 0 Å². The molecule has 1 heterocycles. The van der Waals surface area contributed by atoms with Crippen molar-refractivity contribution in [3.63, 3.8) is 0 Å². The zero-order valence-corrected chi connectivity index (χ0v) is 21.2. The van der Waals surface area contributed by atoms with E-state index in [1.54, 1.807) is 19.1 Å². The van der Waals surface area contributed by atoms with Crippen molar-refractivity contribution < 1.29 is 38.1 Å². The van der Waals surface area contributed by atoms with E-state index in [0.29, 0.717) is 40.7 Å². The van der Waals surface area contributed by atoms with Gasteiger partial charge in [-0.05, 0) is 49.9 Å². The largest absolute Gasteiger partial charge is 0.493 e. The molecule has 0 aliphatic rings. The van der Waals surface area contributed by atoms with Crippen LogP contribution in [0.4, 0.5) is 5.00 Å². The number of hydrogen-bond acceptors (Lipinski definition) is 9. The third-order valence-electron chi connectivity index (χ3n) is 5.01. The molecule has 186 valence electrons.